The first kappa shape index (κ1) is 21.4. The summed E-state index contributed by atoms with van der Waals surface area (Å²) in [7, 11) is 5.01. The fraction of sp³-hybridized carbons (Fsp3) is 0.185. The van der Waals surface area contributed by atoms with E-state index < -0.39 is 0 Å². The Morgan fingerprint density at radius 3 is 2.44 bits per heavy atom. The minimum absolute atomic E-state index is 0.0787. The lowest BCUT2D eigenvalue weighted by Crippen LogP contribution is -2.27. The van der Waals surface area contributed by atoms with Crippen molar-refractivity contribution in [1.82, 2.24) is 9.88 Å². The topological polar surface area (TPSA) is 51.7 Å². The highest BCUT2D eigenvalue weighted by molar-refractivity contribution is 6.07. The molecule has 5 heteroatoms. The van der Waals surface area contributed by atoms with Gasteiger partial charge in [-0.2, -0.15) is 0 Å². The van der Waals surface area contributed by atoms with Gasteiger partial charge in [0.1, 0.15) is 0 Å². The molecule has 0 N–H and O–H groups in total. The lowest BCUT2D eigenvalue weighted by Gasteiger charge is -2.21. The van der Waals surface area contributed by atoms with E-state index in [1.807, 2.05) is 79.7 Å². The van der Waals surface area contributed by atoms with Crippen molar-refractivity contribution in [2.24, 2.45) is 0 Å². The zero-order chi connectivity index (χ0) is 22.7. The average molecular weight is 427 g/mol. The van der Waals surface area contributed by atoms with Gasteiger partial charge in [-0.15, -0.1) is 0 Å². The molecule has 0 saturated carbocycles. The molecule has 3 aromatic carbocycles. The lowest BCUT2D eigenvalue weighted by molar-refractivity contribution is 0.0786. The van der Waals surface area contributed by atoms with Crippen molar-refractivity contribution in [2.45, 2.75) is 13.5 Å². The second kappa shape index (κ2) is 9.10. The largest absolute Gasteiger partial charge is 0.493 e. The summed E-state index contributed by atoms with van der Waals surface area (Å²) in [6.07, 6.45) is 0. The van der Waals surface area contributed by atoms with Gasteiger partial charge in [-0.05, 0) is 31.2 Å². The quantitative estimate of drug-likeness (QED) is 0.409. The molecule has 1 amide bonds. The van der Waals surface area contributed by atoms with Crippen LogP contribution < -0.4 is 9.47 Å². The van der Waals surface area contributed by atoms with Crippen LogP contribution in [0.15, 0.2) is 72.8 Å². The summed E-state index contributed by atoms with van der Waals surface area (Å²) >= 11 is 0. The number of aromatic nitrogens is 1. The van der Waals surface area contributed by atoms with Gasteiger partial charge in [0.25, 0.3) is 5.91 Å². The number of fused-ring (bicyclic) bond motifs is 1. The van der Waals surface area contributed by atoms with Gasteiger partial charge < -0.3 is 14.4 Å². The van der Waals surface area contributed by atoms with Gasteiger partial charge in [0.15, 0.2) is 11.5 Å². The van der Waals surface area contributed by atoms with E-state index in [4.69, 9.17) is 14.5 Å². The van der Waals surface area contributed by atoms with Gasteiger partial charge in [0.05, 0.1) is 31.0 Å². The number of hydrogen-bond acceptors (Lipinski definition) is 4. The number of carbonyl (C=O) groups is 1. The highest BCUT2D eigenvalue weighted by atomic mass is 16.5. The molecule has 4 aromatic rings. The standard InChI is InChI=1S/C27H26N2O3/c1-18-13-14-23-21(15-18)22(16-24(28-23)19-9-6-5-7-10-19)27(30)29(2)17-20-11-8-12-25(31-3)26(20)32-4/h5-16H,17H2,1-4H3. The first-order valence-electron chi connectivity index (χ1n) is 10.4. The molecule has 1 aromatic heterocycles. The normalized spacial score (nSPS) is 10.8. The van der Waals surface area contributed by atoms with Crippen molar-refractivity contribution in [3.63, 3.8) is 0 Å². The second-order valence-electron chi connectivity index (χ2n) is 7.76. The second-order valence-corrected chi connectivity index (χ2v) is 7.76. The Morgan fingerprint density at radius 1 is 0.938 bits per heavy atom. The number of hydrogen-bond donors (Lipinski definition) is 0. The van der Waals surface area contributed by atoms with E-state index >= 15 is 0 Å². The third-order valence-electron chi connectivity index (χ3n) is 5.50. The van der Waals surface area contributed by atoms with Crippen molar-refractivity contribution in [2.75, 3.05) is 21.3 Å². The number of ether oxygens (including phenoxy) is 2. The van der Waals surface area contributed by atoms with Crippen LogP contribution in [-0.2, 0) is 6.54 Å². The number of carbonyl (C=O) groups excluding carboxylic acids is 1. The van der Waals surface area contributed by atoms with Gasteiger partial charge in [0, 0.05) is 30.1 Å². The Morgan fingerprint density at radius 2 is 1.72 bits per heavy atom. The van der Waals surface area contributed by atoms with E-state index in [2.05, 4.69) is 0 Å². The van der Waals surface area contributed by atoms with Crippen molar-refractivity contribution in [3.8, 4) is 22.8 Å². The van der Waals surface area contributed by atoms with E-state index in [-0.39, 0.29) is 5.91 Å². The van der Waals surface area contributed by atoms with E-state index in [1.165, 1.54) is 0 Å². The molecule has 0 spiro atoms. The number of nitrogens with zero attached hydrogens (tertiary/aromatic N) is 2. The molecule has 0 fully saturated rings. The number of pyridine rings is 1. The molecule has 0 saturated heterocycles. The molecule has 0 aliphatic heterocycles. The third-order valence-corrected chi connectivity index (χ3v) is 5.50. The average Bonchev–Trinajstić information content (AvgIpc) is 2.83. The van der Waals surface area contributed by atoms with E-state index in [0.717, 1.165) is 33.3 Å². The van der Waals surface area contributed by atoms with E-state index in [9.17, 15) is 4.79 Å². The predicted molar refractivity (Wildman–Crippen MR) is 127 cm³/mol. The molecule has 0 aliphatic rings. The fourth-order valence-electron chi connectivity index (χ4n) is 3.88. The van der Waals surface area contributed by atoms with Crippen LogP contribution in [0.3, 0.4) is 0 Å². The molecule has 1 heterocycles. The van der Waals surface area contributed by atoms with E-state index in [1.54, 1.807) is 26.2 Å². The summed E-state index contributed by atoms with van der Waals surface area (Å²) in [6, 6.07) is 23.5. The van der Waals surface area contributed by atoms with Crippen molar-refractivity contribution in [1.29, 1.82) is 0 Å². The molecule has 0 unspecified atom stereocenters. The molecule has 0 radical (unpaired) electrons. The molecule has 0 aliphatic carbocycles. The monoisotopic (exact) mass is 426 g/mol. The van der Waals surface area contributed by atoms with Gasteiger partial charge in [-0.3, -0.25) is 4.79 Å². The summed E-state index contributed by atoms with van der Waals surface area (Å²) in [5, 5.41) is 0.846. The summed E-state index contributed by atoms with van der Waals surface area (Å²) < 4.78 is 10.9. The van der Waals surface area contributed by atoms with Crippen molar-refractivity contribution >= 4 is 16.8 Å². The number of amides is 1. The molecule has 5 nitrogen and oxygen atoms in total. The minimum atomic E-state index is -0.0787. The Kier molecular flexibility index (Phi) is 6.08. The Labute approximate surface area is 188 Å². The lowest BCUT2D eigenvalue weighted by atomic mass is 10.0. The Bertz CT molecular complexity index is 1270. The molecule has 0 atom stereocenters. The number of rotatable bonds is 6. The first-order valence-corrected chi connectivity index (χ1v) is 10.4. The molecular weight excluding hydrogens is 400 g/mol. The van der Waals surface area contributed by atoms with Gasteiger partial charge in [-0.1, -0.05) is 54.1 Å². The van der Waals surface area contributed by atoms with E-state index in [0.29, 0.717) is 23.6 Å². The predicted octanol–water partition coefficient (Wildman–Crippen LogP) is 5.50. The van der Waals surface area contributed by atoms with Gasteiger partial charge in [-0.25, -0.2) is 4.98 Å². The van der Waals surface area contributed by atoms with Crippen LogP contribution in [-0.4, -0.2) is 37.1 Å². The molecular formula is C27H26N2O3. The molecule has 162 valence electrons. The third kappa shape index (κ3) is 4.14. The maximum atomic E-state index is 13.6. The van der Waals surface area contributed by atoms with Crippen LogP contribution >= 0.6 is 0 Å². The summed E-state index contributed by atoms with van der Waals surface area (Å²) in [5.41, 5.74) is 5.13. The van der Waals surface area contributed by atoms with Crippen LogP contribution in [0.2, 0.25) is 0 Å². The minimum Gasteiger partial charge on any atom is -0.493 e. The van der Waals surface area contributed by atoms with Crippen molar-refractivity contribution in [3.05, 3.63) is 89.5 Å². The summed E-state index contributed by atoms with van der Waals surface area (Å²) in [4.78, 5) is 20.2. The Balaban J connectivity index is 1.77. The highest BCUT2D eigenvalue weighted by Gasteiger charge is 2.20. The highest BCUT2D eigenvalue weighted by Crippen LogP contribution is 2.32. The van der Waals surface area contributed by atoms with Crippen LogP contribution in [0.5, 0.6) is 11.5 Å². The number of para-hydroxylation sites is 1. The maximum absolute atomic E-state index is 13.6. The molecule has 32 heavy (non-hydrogen) atoms. The first-order chi connectivity index (χ1) is 15.5. The van der Waals surface area contributed by atoms with Crippen LogP contribution in [0.1, 0.15) is 21.5 Å². The fourth-order valence-corrected chi connectivity index (χ4v) is 3.88. The SMILES string of the molecule is COc1cccc(CN(C)C(=O)c2cc(-c3ccccc3)nc3ccc(C)cc23)c1OC. The zero-order valence-electron chi connectivity index (χ0n) is 18.8. The van der Waals surface area contributed by atoms with Crippen molar-refractivity contribution < 1.29 is 14.3 Å². The number of benzene rings is 3. The summed E-state index contributed by atoms with van der Waals surface area (Å²) in [6.45, 7) is 2.40. The van der Waals surface area contributed by atoms with Crippen LogP contribution in [0.4, 0.5) is 0 Å². The number of methoxy groups -OCH3 is 2. The molecule has 4 rings (SSSR count). The zero-order valence-corrected chi connectivity index (χ0v) is 18.8. The van der Waals surface area contributed by atoms with Crippen LogP contribution in [0, 0.1) is 6.92 Å². The van der Waals surface area contributed by atoms with Gasteiger partial charge in [0.2, 0.25) is 0 Å². The number of aryl methyl sites for hydroxylation is 1. The maximum Gasteiger partial charge on any atom is 0.254 e. The van der Waals surface area contributed by atoms with Gasteiger partial charge >= 0.3 is 0 Å². The van der Waals surface area contributed by atoms with Crippen LogP contribution in [0.25, 0.3) is 22.2 Å². The smallest absolute Gasteiger partial charge is 0.254 e. The summed E-state index contributed by atoms with van der Waals surface area (Å²) in [5.74, 6) is 1.20. The Hall–Kier alpha value is -3.86. The molecule has 0 bridgehead atoms.